The first kappa shape index (κ1) is 16.3. The van der Waals surface area contributed by atoms with Gasteiger partial charge in [-0.25, -0.2) is 4.98 Å². The van der Waals surface area contributed by atoms with Crippen LogP contribution in [0.1, 0.15) is 24.7 Å². The van der Waals surface area contributed by atoms with Crippen LogP contribution in [0.15, 0.2) is 30.5 Å². The van der Waals surface area contributed by atoms with Gasteiger partial charge < -0.3 is 14.2 Å². The van der Waals surface area contributed by atoms with Crippen molar-refractivity contribution < 1.29 is 9.53 Å². The van der Waals surface area contributed by atoms with E-state index in [4.69, 9.17) is 4.74 Å². The standard InChI is InChI=1S/C20H25N3O2/c1-14-10-17(14)20(24)22-7-6-19-21-12-18(23(19)9-8-22)16-5-3-4-15(11-16)13-25-2/h3-5,11-12,14,17H,6-10,13H2,1-2H3/t14-,17-/m0/s1. The molecule has 4 rings (SSSR count). The van der Waals surface area contributed by atoms with Crippen molar-refractivity contribution in [2.75, 3.05) is 20.2 Å². The van der Waals surface area contributed by atoms with Crippen molar-refractivity contribution in [2.24, 2.45) is 11.8 Å². The molecule has 0 bridgehead atoms. The van der Waals surface area contributed by atoms with E-state index in [2.05, 4.69) is 40.7 Å². The van der Waals surface area contributed by atoms with E-state index < -0.39 is 0 Å². The Morgan fingerprint density at radius 3 is 2.92 bits per heavy atom. The number of benzene rings is 1. The van der Waals surface area contributed by atoms with Crippen molar-refractivity contribution >= 4 is 5.91 Å². The summed E-state index contributed by atoms with van der Waals surface area (Å²) in [6.07, 6.45) is 3.84. The highest BCUT2D eigenvalue weighted by atomic mass is 16.5. The second-order valence-corrected chi connectivity index (χ2v) is 7.24. The Morgan fingerprint density at radius 2 is 2.16 bits per heavy atom. The van der Waals surface area contributed by atoms with Crippen LogP contribution in [0, 0.1) is 11.8 Å². The Bertz CT molecular complexity index is 783. The van der Waals surface area contributed by atoms with E-state index in [1.807, 2.05) is 11.1 Å². The van der Waals surface area contributed by atoms with Crippen LogP contribution in [0.2, 0.25) is 0 Å². The van der Waals surface area contributed by atoms with E-state index in [1.54, 1.807) is 7.11 Å². The lowest BCUT2D eigenvalue weighted by Crippen LogP contribution is -2.35. The van der Waals surface area contributed by atoms with E-state index in [0.29, 0.717) is 18.4 Å². The summed E-state index contributed by atoms with van der Waals surface area (Å²) in [6.45, 7) is 5.14. The second kappa shape index (κ2) is 6.64. The van der Waals surface area contributed by atoms with Gasteiger partial charge in [-0.05, 0) is 24.0 Å². The van der Waals surface area contributed by atoms with Gasteiger partial charge in [0.25, 0.3) is 0 Å². The molecule has 0 N–H and O–H groups in total. The molecule has 1 aromatic carbocycles. The van der Waals surface area contributed by atoms with Gasteiger partial charge in [0.2, 0.25) is 5.91 Å². The maximum absolute atomic E-state index is 12.6. The zero-order chi connectivity index (χ0) is 17.4. The number of hydrogen-bond acceptors (Lipinski definition) is 3. The van der Waals surface area contributed by atoms with E-state index in [1.165, 1.54) is 0 Å². The molecule has 25 heavy (non-hydrogen) atoms. The lowest BCUT2D eigenvalue weighted by molar-refractivity contribution is -0.132. The average Bonchev–Trinajstić information content (AvgIpc) is 3.27. The van der Waals surface area contributed by atoms with E-state index in [0.717, 1.165) is 55.1 Å². The quantitative estimate of drug-likeness (QED) is 0.860. The van der Waals surface area contributed by atoms with Gasteiger partial charge in [0.1, 0.15) is 5.82 Å². The third-order valence-electron chi connectivity index (χ3n) is 5.41. The predicted molar refractivity (Wildman–Crippen MR) is 95.9 cm³/mol. The molecule has 132 valence electrons. The van der Waals surface area contributed by atoms with Crippen molar-refractivity contribution in [3.63, 3.8) is 0 Å². The van der Waals surface area contributed by atoms with Crippen LogP contribution in [0.3, 0.4) is 0 Å². The molecule has 1 fully saturated rings. The minimum atomic E-state index is 0.260. The van der Waals surface area contributed by atoms with Gasteiger partial charge >= 0.3 is 0 Å². The van der Waals surface area contributed by atoms with Crippen LogP contribution in [-0.4, -0.2) is 40.6 Å². The molecule has 1 saturated carbocycles. The van der Waals surface area contributed by atoms with Crippen molar-refractivity contribution in [1.29, 1.82) is 0 Å². The molecule has 2 aromatic rings. The van der Waals surface area contributed by atoms with Crippen LogP contribution in [0.4, 0.5) is 0 Å². The molecule has 1 aliphatic heterocycles. The van der Waals surface area contributed by atoms with Crippen LogP contribution in [-0.2, 0) is 29.1 Å². The molecule has 0 saturated heterocycles. The monoisotopic (exact) mass is 339 g/mol. The summed E-state index contributed by atoms with van der Waals surface area (Å²) in [5, 5.41) is 0. The van der Waals surface area contributed by atoms with Crippen LogP contribution in [0.25, 0.3) is 11.3 Å². The number of aromatic nitrogens is 2. The number of hydrogen-bond donors (Lipinski definition) is 0. The number of ether oxygens (including phenoxy) is 1. The largest absolute Gasteiger partial charge is 0.380 e. The summed E-state index contributed by atoms with van der Waals surface area (Å²) in [4.78, 5) is 19.2. The molecule has 1 amide bonds. The molecule has 0 radical (unpaired) electrons. The Morgan fingerprint density at radius 1 is 1.32 bits per heavy atom. The molecular formula is C20H25N3O2. The SMILES string of the molecule is COCc1cccc(-c2cnc3n2CCN(C(=O)[C@H]2C[C@@H]2C)CC3)c1. The highest BCUT2D eigenvalue weighted by Crippen LogP contribution is 2.39. The third kappa shape index (κ3) is 3.21. The van der Waals surface area contributed by atoms with Gasteiger partial charge in [0, 0.05) is 44.6 Å². The number of amides is 1. The molecule has 2 heterocycles. The highest BCUT2D eigenvalue weighted by molar-refractivity contribution is 5.81. The van der Waals surface area contributed by atoms with Crippen molar-refractivity contribution in [2.45, 2.75) is 32.9 Å². The third-order valence-corrected chi connectivity index (χ3v) is 5.41. The zero-order valence-electron chi connectivity index (χ0n) is 14.9. The number of fused-ring (bicyclic) bond motifs is 1. The second-order valence-electron chi connectivity index (χ2n) is 7.24. The Balaban J connectivity index is 1.55. The van der Waals surface area contributed by atoms with Gasteiger partial charge in [0.15, 0.2) is 0 Å². The summed E-state index contributed by atoms with van der Waals surface area (Å²) in [7, 11) is 1.71. The van der Waals surface area contributed by atoms with E-state index in [9.17, 15) is 4.79 Å². The normalized spacial score (nSPS) is 22.4. The fraction of sp³-hybridized carbons (Fsp3) is 0.500. The van der Waals surface area contributed by atoms with E-state index in [-0.39, 0.29) is 5.92 Å². The average molecular weight is 339 g/mol. The highest BCUT2D eigenvalue weighted by Gasteiger charge is 2.41. The number of rotatable bonds is 4. The molecule has 5 nitrogen and oxygen atoms in total. The minimum Gasteiger partial charge on any atom is -0.380 e. The minimum absolute atomic E-state index is 0.260. The maximum atomic E-state index is 12.6. The van der Waals surface area contributed by atoms with Crippen molar-refractivity contribution in [1.82, 2.24) is 14.5 Å². The zero-order valence-corrected chi connectivity index (χ0v) is 14.9. The Labute approximate surface area is 148 Å². The van der Waals surface area contributed by atoms with Gasteiger partial charge in [-0.1, -0.05) is 25.1 Å². The maximum Gasteiger partial charge on any atom is 0.226 e. The Kier molecular flexibility index (Phi) is 4.34. The molecule has 2 atom stereocenters. The summed E-state index contributed by atoms with van der Waals surface area (Å²) in [5.41, 5.74) is 3.44. The smallest absolute Gasteiger partial charge is 0.226 e. The molecule has 5 heteroatoms. The first-order valence-corrected chi connectivity index (χ1v) is 9.09. The molecule has 0 unspecified atom stereocenters. The number of nitrogens with zero attached hydrogens (tertiary/aromatic N) is 3. The van der Waals surface area contributed by atoms with Crippen LogP contribution < -0.4 is 0 Å². The lowest BCUT2D eigenvalue weighted by atomic mass is 10.1. The summed E-state index contributed by atoms with van der Waals surface area (Å²) in [5.74, 6) is 2.23. The molecule has 1 aromatic heterocycles. The van der Waals surface area contributed by atoms with Crippen LogP contribution >= 0.6 is 0 Å². The number of methoxy groups -OCH3 is 1. The summed E-state index contributed by atoms with van der Waals surface area (Å²) >= 11 is 0. The fourth-order valence-electron chi connectivity index (χ4n) is 3.77. The van der Waals surface area contributed by atoms with Gasteiger partial charge in [0.05, 0.1) is 18.5 Å². The summed E-state index contributed by atoms with van der Waals surface area (Å²) < 4.78 is 7.52. The number of carbonyl (C=O) groups excluding carboxylic acids is 1. The van der Waals surface area contributed by atoms with Crippen molar-refractivity contribution in [3.8, 4) is 11.3 Å². The predicted octanol–water partition coefficient (Wildman–Crippen LogP) is 2.74. The molecule has 1 aliphatic carbocycles. The fourth-order valence-corrected chi connectivity index (χ4v) is 3.77. The summed E-state index contributed by atoms with van der Waals surface area (Å²) in [6, 6.07) is 8.41. The topological polar surface area (TPSA) is 47.4 Å². The lowest BCUT2D eigenvalue weighted by Gasteiger charge is -2.20. The number of carbonyl (C=O) groups is 1. The molecule has 2 aliphatic rings. The Hall–Kier alpha value is -2.14. The first-order valence-electron chi connectivity index (χ1n) is 9.09. The molecule has 0 spiro atoms. The van der Waals surface area contributed by atoms with E-state index >= 15 is 0 Å². The molecular weight excluding hydrogens is 314 g/mol. The number of imidazole rings is 1. The van der Waals surface area contributed by atoms with Gasteiger partial charge in [-0.3, -0.25) is 4.79 Å². The van der Waals surface area contributed by atoms with Crippen molar-refractivity contribution in [3.05, 3.63) is 41.9 Å². The van der Waals surface area contributed by atoms with Gasteiger partial charge in [-0.2, -0.15) is 0 Å². The first-order chi connectivity index (χ1) is 12.2. The van der Waals surface area contributed by atoms with Gasteiger partial charge in [-0.15, -0.1) is 0 Å². The van der Waals surface area contributed by atoms with Crippen LogP contribution in [0.5, 0.6) is 0 Å².